The van der Waals surface area contributed by atoms with Crippen LogP contribution in [0, 0.1) is 0 Å². The van der Waals surface area contributed by atoms with Crippen molar-refractivity contribution in [3.63, 3.8) is 0 Å². The second kappa shape index (κ2) is 4.97. The van der Waals surface area contributed by atoms with Gasteiger partial charge in [-0.1, -0.05) is 6.92 Å². The highest BCUT2D eigenvalue weighted by Gasteiger charge is 2.18. The van der Waals surface area contributed by atoms with Gasteiger partial charge in [0.15, 0.2) is 5.82 Å². The maximum Gasteiger partial charge on any atom is 0.152 e. The quantitative estimate of drug-likeness (QED) is 0.895. The van der Waals surface area contributed by atoms with Crippen molar-refractivity contribution in [2.75, 3.05) is 11.4 Å². The number of hydrogen-bond donors (Lipinski definition) is 1. The molecule has 6 nitrogen and oxygen atoms in total. The molecule has 2 aromatic rings. The second-order valence-electron chi connectivity index (χ2n) is 4.73. The van der Waals surface area contributed by atoms with Crippen LogP contribution in [0.2, 0.25) is 0 Å². The Morgan fingerprint density at radius 3 is 3.00 bits per heavy atom. The van der Waals surface area contributed by atoms with Gasteiger partial charge in [-0.3, -0.25) is 4.98 Å². The predicted molar refractivity (Wildman–Crippen MR) is 70.6 cm³/mol. The molecule has 3 rings (SSSR count). The van der Waals surface area contributed by atoms with Crippen molar-refractivity contribution in [3.05, 3.63) is 36.2 Å². The molecule has 100 valence electrons. The van der Waals surface area contributed by atoms with E-state index >= 15 is 0 Å². The average Bonchev–Trinajstić information content (AvgIpc) is 2.94. The number of pyridine rings is 1. The molecule has 1 unspecified atom stereocenters. The SMILES string of the molecule is CCC(O)c1ccc(N2CCn3cnnc3C2)cn1. The molecule has 2 aromatic heterocycles. The first-order chi connectivity index (χ1) is 9.28. The Morgan fingerprint density at radius 1 is 1.37 bits per heavy atom. The highest BCUT2D eigenvalue weighted by atomic mass is 16.3. The molecule has 0 amide bonds. The monoisotopic (exact) mass is 259 g/mol. The Balaban J connectivity index is 1.77. The highest BCUT2D eigenvalue weighted by Crippen LogP contribution is 2.21. The molecule has 0 saturated carbocycles. The maximum absolute atomic E-state index is 9.74. The summed E-state index contributed by atoms with van der Waals surface area (Å²) in [5.74, 6) is 0.976. The minimum Gasteiger partial charge on any atom is -0.387 e. The van der Waals surface area contributed by atoms with Gasteiger partial charge < -0.3 is 14.6 Å². The van der Waals surface area contributed by atoms with E-state index in [-0.39, 0.29) is 0 Å². The topological polar surface area (TPSA) is 67.1 Å². The third-order valence-corrected chi connectivity index (χ3v) is 3.50. The van der Waals surface area contributed by atoms with Gasteiger partial charge in [-0.25, -0.2) is 0 Å². The number of aromatic nitrogens is 4. The number of hydrogen-bond acceptors (Lipinski definition) is 5. The predicted octanol–water partition coefficient (Wildman–Crippen LogP) is 1.14. The van der Waals surface area contributed by atoms with Crippen LogP contribution in [-0.4, -0.2) is 31.4 Å². The first-order valence-electron chi connectivity index (χ1n) is 6.53. The molecule has 0 aliphatic carbocycles. The Kier molecular flexibility index (Phi) is 3.16. The lowest BCUT2D eigenvalue weighted by Crippen LogP contribution is -2.33. The van der Waals surface area contributed by atoms with E-state index in [1.807, 2.05) is 25.3 Å². The molecule has 0 spiro atoms. The van der Waals surface area contributed by atoms with E-state index in [0.717, 1.165) is 36.8 Å². The maximum atomic E-state index is 9.74. The minimum absolute atomic E-state index is 0.474. The fourth-order valence-corrected chi connectivity index (χ4v) is 2.28. The minimum atomic E-state index is -0.474. The van der Waals surface area contributed by atoms with Gasteiger partial charge in [-0.05, 0) is 18.6 Å². The zero-order valence-corrected chi connectivity index (χ0v) is 10.9. The summed E-state index contributed by atoms with van der Waals surface area (Å²) in [6.07, 6.45) is 3.80. The molecule has 3 heterocycles. The lowest BCUT2D eigenvalue weighted by atomic mass is 10.2. The molecular weight excluding hydrogens is 242 g/mol. The van der Waals surface area contributed by atoms with Gasteiger partial charge in [0, 0.05) is 13.1 Å². The highest BCUT2D eigenvalue weighted by molar-refractivity contribution is 5.45. The van der Waals surface area contributed by atoms with Crippen molar-refractivity contribution in [1.82, 2.24) is 19.7 Å². The Hall–Kier alpha value is -1.95. The van der Waals surface area contributed by atoms with Crippen molar-refractivity contribution in [2.45, 2.75) is 32.5 Å². The van der Waals surface area contributed by atoms with Crippen LogP contribution in [0.15, 0.2) is 24.7 Å². The van der Waals surface area contributed by atoms with Crippen LogP contribution in [0.1, 0.15) is 31.0 Å². The Bertz CT molecular complexity index is 550. The normalized spacial score (nSPS) is 16.2. The summed E-state index contributed by atoms with van der Waals surface area (Å²) >= 11 is 0. The summed E-state index contributed by atoms with van der Waals surface area (Å²) in [6.45, 7) is 4.50. The first kappa shape index (κ1) is 12.1. The smallest absolute Gasteiger partial charge is 0.152 e. The van der Waals surface area contributed by atoms with E-state index < -0.39 is 6.10 Å². The van der Waals surface area contributed by atoms with E-state index in [9.17, 15) is 5.11 Å². The average molecular weight is 259 g/mol. The number of rotatable bonds is 3. The Labute approximate surface area is 111 Å². The van der Waals surface area contributed by atoms with Crippen LogP contribution >= 0.6 is 0 Å². The van der Waals surface area contributed by atoms with Gasteiger partial charge in [0.2, 0.25) is 0 Å². The van der Waals surface area contributed by atoms with E-state index in [1.165, 1.54) is 0 Å². The summed E-state index contributed by atoms with van der Waals surface area (Å²) in [5.41, 5.74) is 1.78. The molecule has 19 heavy (non-hydrogen) atoms. The molecule has 0 bridgehead atoms. The van der Waals surface area contributed by atoms with E-state index in [4.69, 9.17) is 0 Å². The van der Waals surface area contributed by atoms with Gasteiger partial charge in [0.05, 0.1) is 30.2 Å². The molecule has 0 saturated heterocycles. The van der Waals surface area contributed by atoms with Gasteiger partial charge in [0.25, 0.3) is 0 Å². The van der Waals surface area contributed by atoms with Crippen LogP contribution in [0.5, 0.6) is 0 Å². The van der Waals surface area contributed by atoms with Crippen LogP contribution in [0.25, 0.3) is 0 Å². The van der Waals surface area contributed by atoms with Gasteiger partial charge in [0.1, 0.15) is 6.33 Å². The number of anilines is 1. The van der Waals surface area contributed by atoms with Gasteiger partial charge in [-0.15, -0.1) is 10.2 Å². The largest absolute Gasteiger partial charge is 0.387 e. The van der Waals surface area contributed by atoms with Crippen molar-refractivity contribution >= 4 is 5.69 Å². The summed E-state index contributed by atoms with van der Waals surface area (Å²) < 4.78 is 2.07. The Morgan fingerprint density at radius 2 is 2.26 bits per heavy atom. The molecular formula is C13H17N5O. The third kappa shape index (κ3) is 2.31. The molecule has 1 aliphatic rings. The number of aliphatic hydroxyl groups excluding tert-OH is 1. The lowest BCUT2D eigenvalue weighted by molar-refractivity contribution is 0.169. The third-order valence-electron chi connectivity index (χ3n) is 3.50. The van der Waals surface area contributed by atoms with Crippen molar-refractivity contribution < 1.29 is 5.11 Å². The zero-order valence-electron chi connectivity index (χ0n) is 10.9. The zero-order chi connectivity index (χ0) is 13.2. The standard InChI is InChI=1S/C13H17N5O/c1-2-12(19)11-4-3-10(7-14-11)17-5-6-18-9-15-16-13(18)8-17/h3-4,7,9,12,19H,2,5-6,8H2,1H3. The number of fused-ring (bicyclic) bond motifs is 1. The van der Waals surface area contributed by atoms with Crippen molar-refractivity contribution in [2.24, 2.45) is 0 Å². The fourth-order valence-electron chi connectivity index (χ4n) is 2.28. The molecule has 6 heteroatoms. The fraction of sp³-hybridized carbons (Fsp3) is 0.462. The molecule has 0 aromatic carbocycles. The van der Waals surface area contributed by atoms with Crippen LogP contribution in [-0.2, 0) is 13.1 Å². The summed E-state index contributed by atoms with van der Waals surface area (Å²) in [5, 5.41) is 17.8. The van der Waals surface area contributed by atoms with Crippen LogP contribution in [0.4, 0.5) is 5.69 Å². The molecule has 1 N–H and O–H groups in total. The van der Waals surface area contributed by atoms with E-state index in [1.54, 1.807) is 6.33 Å². The van der Waals surface area contributed by atoms with Crippen LogP contribution in [0.3, 0.4) is 0 Å². The van der Waals surface area contributed by atoms with Crippen molar-refractivity contribution in [1.29, 1.82) is 0 Å². The number of aliphatic hydroxyl groups is 1. The summed E-state index contributed by atoms with van der Waals surface area (Å²) in [4.78, 5) is 6.56. The van der Waals surface area contributed by atoms with Crippen LogP contribution < -0.4 is 4.90 Å². The van der Waals surface area contributed by atoms with E-state index in [0.29, 0.717) is 6.42 Å². The molecule has 1 atom stereocenters. The summed E-state index contributed by atoms with van der Waals surface area (Å²) in [6, 6.07) is 3.90. The van der Waals surface area contributed by atoms with Gasteiger partial charge >= 0.3 is 0 Å². The van der Waals surface area contributed by atoms with E-state index in [2.05, 4.69) is 24.6 Å². The number of nitrogens with zero attached hydrogens (tertiary/aromatic N) is 5. The first-order valence-corrected chi connectivity index (χ1v) is 6.53. The lowest BCUT2D eigenvalue weighted by Gasteiger charge is -2.28. The van der Waals surface area contributed by atoms with Gasteiger partial charge in [-0.2, -0.15) is 0 Å². The molecule has 0 radical (unpaired) electrons. The molecule has 0 fully saturated rings. The molecule has 1 aliphatic heterocycles. The summed E-state index contributed by atoms with van der Waals surface area (Å²) in [7, 11) is 0. The second-order valence-corrected chi connectivity index (χ2v) is 4.73. The van der Waals surface area contributed by atoms with Crippen molar-refractivity contribution in [3.8, 4) is 0 Å².